The summed E-state index contributed by atoms with van der Waals surface area (Å²) in [6.07, 6.45) is -0.391. The Morgan fingerprint density at radius 3 is 2.42 bits per heavy atom. The summed E-state index contributed by atoms with van der Waals surface area (Å²) in [5.74, 6) is 0. The topological polar surface area (TPSA) is 40.4 Å². The van der Waals surface area contributed by atoms with Crippen molar-refractivity contribution in [2.24, 2.45) is 0 Å². The van der Waals surface area contributed by atoms with Gasteiger partial charge in [-0.15, -0.1) is 24.8 Å². The fourth-order valence-electron chi connectivity index (χ4n) is 3.68. The summed E-state index contributed by atoms with van der Waals surface area (Å²) in [6.45, 7) is 5.31. The standard InChI is InChI=1S/C19H22ClN3O.2ClH/c20-14-5-6-19-17(11-14)16-3-1-2-4-18(16)23(19)13-15(24)12-22-9-7-21-8-10-22;;/h1-6,11,15,21,24H,7-10,12-13H2;2*1H. The molecule has 0 saturated carbocycles. The Morgan fingerprint density at radius 2 is 1.65 bits per heavy atom. The molecular formula is C19H24Cl3N3O. The maximum atomic E-state index is 10.6. The number of aliphatic hydroxyl groups excluding tert-OH is 1. The Morgan fingerprint density at radius 1 is 0.962 bits per heavy atom. The van der Waals surface area contributed by atoms with E-state index >= 15 is 0 Å². The number of β-amino-alcohol motifs (C(OH)–C–C–N with tert-alkyl or cyclic N) is 1. The van der Waals surface area contributed by atoms with Gasteiger partial charge in [0, 0.05) is 59.6 Å². The van der Waals surface area contributed by atoms with Crippen LogP contribution in [-0.4, -0.2) is 53.4 Å². The number of piperazine rings is 1. The number of hydrogen-bond donors (Lipinski definition) is 2. The van der Waals surface area contributed by atoms with E-state index in [9.17, 15) is 5.11 Å². The van der Waals surface area contributed by atoms with Gasteiger partial charge in [-0.2, -0.15) is 0 Å². The molecule has 4 nitrogen and oxygen atoms in total. The molecule has 0 radical (unpaired) electrons. The zero-order chi connectivity index (χ0) is 16.5. The first kappa shape index (κ1) is 21.3. The van der Waals surface area contributed by atoms with E-state index in [0.29, 0.717) is 13.1 Å². The Kier molecular flexibility index (Phi) is 7.59. The molecule has 26 heavy (non-hydrogen) atoms. The molecule has 1 aromatic heterocycles. The lowest BCUT2D eigenvalue weighted by atomic mass is 10.2. The van der Waals surface area contributed by atoms with Crippen molar-refractivity contribution in [1.29, 1.82) is 0 Å². The monoisotopic (exact) mass is 415 g/mol. The molecule has 1 atom stereocenters. The lowest BCUT2D eigenvalue weighted by Crippen LogP contribution is -2.46. The zero-order valence-electron chi connectivity index (χ0n) is 14.4. The second kappa shape index (κ2) is 9.27. The van der Waals surface area contributed by atoms with Gasteiger partial charge in [0.25, 0.3) is 0 Å². The summed E-state index contributed by atoms with van der Waals surface area (Å²) in [5, 5.41) is 17.1. The van der Waals surface area contributed by atoms with Gasteiger partial charge in [0.2, 0.25) is 0 Å². The second-order valence-electron chi connectivity index (χ2n) is 6.49. The predicted molar refractivity (Wildman–Crippen MR) is 114 cm³/mol. The molecule has 1 aliphatic rings. The van der Waals surface area contributed by atoms with Crippen LogP contribution in [0.3, 0.4) is 0 Å². The summed E-state index contributed by atoms with van der Waals surface area (Å²) in [5.41, 5.74) is 2.27. The van der Waals surface area contributed by atoms with Gasteiger partial charge in [-0.3, -0.25) is 4.90 Å². The van der Waals surface area contributed by atoms with E-state index < -0.39 is 6.10 Å². The third-order valence-electron chi connectivity index (χ3n) is 4.81. The molecule has 0 amide bonds. The van der Waals surface area contributed by atoms with E-state index in [4.69, 9.17) is 11.6 Å². The first-order chi connectivity index (χ1) is 11.7. The van der Waals surface area contributed by atoms with Gasteiger partial charge in [-0.05, 0) is 24.3 Å². The molecule has 1 unspecified atom stereocenters. The van der Waals surface area contributed by atoms with Crippen molar-refractivity contribution >= 4 is 58.2 Å². The molecule has 1 fully saturated rings. The number of hydrogen-bond acceptors (Lipinski definition) is 3. The normalized spacial score (nSPS) is 16.2. The molecule has 4 rings (SSSR count). The Balaban J connectivity index is 0.00000121. The molecule has 142 valence electrons. The highest BCUT2D eigenvalue weighted by Gasteiger charge is 2.17. The smallest absolute Gasteiger partial charge is 0.0845 e. The predicted octanol–water partition coefficient (Wildman–Crippen LogP) is 3.56. The third-order valence-corrected chi connectivity index (χ3v) is 5.04. The number of rotatable bonds is 4. The molecule has 7 heteroatoms. The van der Waals surface area contributed by atoms with Gasteiger partial charge in [0.15, 0.2) is 0 Å². The molecule has 2 aromatic carbocycles. The van der Waals surface area contributed by atoms with Crippen LogP contribution in [0.1, 0.15) is 0 Å². The van der Waals surface area contributed by atoms with E-state index in [1.54, 1.807) is 0 Å². The lowest BCUT2D eigenvalue weighted by molar-refractivity contribution is 0.0936. The number of halogens is 3. The summed E-state index contributed by atoms with van der Waals surface area (Å²) >= 11 is 6.19. The molecule has 3 aromatic rings. The first-order valence-corrected chi connectivity index (χ1v) is 8.88. The van der Waals surface area contributed by atoms with Crippen molar-refractivity contribution in [2.45, 2.75) is 12.6 Å². The van der Waals surface area contributed by atoms with Gasteiger partial charge in [-0.25, -0.2) is 0 Å². The summed E-state index contributed by atoms with van der Waals surface area (Å²) in [6, 6.07) is 14.3. The molecule has 2 N–H and O–H groups in total. The molecule has 1 saturated heterocycles. The Labute approximate surface area is 170 Å². The minimum Gasteiger partial charge on any atom is -0.390 e. The van der Waals surface area contributed by atoms with Crippen LogP contribution in [-0.2, 0) is 6.54 Å². The molecule has 0 bridgehead atoms. The summed E-state index contributed by atoms with van der Waals surface area (Å²) in [4.78, 5) is 2.33. The fraction of sp³-hybridized carbons (Fsp3) is 0.368. The minimum atomic E-state index is -0.391. The summed E-state index contributed by atoms with van der Waals surface area (Å²) < 4.78 is 2.22. The first-order valence-electron chi connectivity index (χ1n) is 8.50. The second-order valence-corrected chi connectivity index (χ2v) is 6.93. The van der Waals surface area contributed by atoms with Crippen molar-refractivity contribution in [3.05, 3.63) is 47.5 Å². The number of nitrogens with zero attached hydrogens (tertiary/aromatic N) is 2. The minimum absolute atomic E-state index is 0. The van der Waals surface area contributed by atoms with Crippen molar-refractivity contribution in [3.8, 4) is 0 Å². The van der Waals surface area contributed by atoms with Crippen molar-refractivity contribution in [1.82, 2.24) is 14.8 Å². The summed E-state index contributed by atoms with van der Waals surface area (Å²) in [7, 11) is 0. The van der Waals surface area contributed by atoms with E-state index in [1.165, 1.54) is 5.39 Å². The molecule has 2 heterocycles. The molecule has 0 aliphatic carbocycles. The third kappa shape index (κ3) is 4.28. The fourth-order valence-corrected chi connectivity index (χ4v) is 3.85. The van der Waals surface area contributed by atoms with Gasteiger partial charge in [-0.1, -0.05) is 29.8 Å². The van der Waals surface area contributed by atoms with Gasteiger partial charge in [0.1, 0.15) is 0 Å². The lowest BCUT2D eigenvalue weighted by Gasteiger charge is -2.29. The molecular weight excluding hydrogens is 393 g/mol. The largest absolute Gasteiger partial charge is 0.390 e. The van der Waals surface area contributed by atoms with Crippen LogP contribution in [0, 0.1) is 0 Å². The van der Waals surface area contributed by atoms with Gasteiger partial charge < -0.3 is 15.0 Å². The number of para-hydroxylation sites is 1. The van der Waals surface area contributed by atoms with Crippen LogP contribution < -0.4 is 5.32 Å². The van der Waals surface area contributed by atoms with Crippen LogP contribution >= 0.6 is 36.4 Å². The highest BCUT2D eigenvalue weighted by Crippen LogP contribution is 2.31. The average Bonchev–Trinajstić information content (AvgIpc) is 2.89. The quantitative estimate of drug-likeness (QED) is 0.683. The van der Waals surface area contributed by atoms with Crippen LogP contribution in [0.15, 0.2) is 42.5 Å². The van der Waals surface area contributed by atoms with Crippen molar-refractivity contribution in [2.75, 3.05) is 32.7 Å². The van der Waals surface area contributed by atoms with Crippen molar-refractivity contribution < 1.29 is 5.11 Å². The Bertz CT molecular complexity index is 862. The van der Waals surface area contributed by atoms with E-state index in [1.807, 2.05) is 24.3 Å². The number of aromatic nitrogens is 1. The SMILES string of the molecule is Cl.Cl.OC(CN1CCNCC1)Cn1c2ccccc2c2cc(Cl)ccc21. The number of nitrogens with one attached hydrogen (secondary N) is 1. The Hall–Kier alpha value is -1.01. The highest BCUT2D eigenvalue weighted by molar-refractivity contribution is 6.31. The number of benzene rings is 2. The van der Waals surface area contributed by atoms with E-state index in [-0.39, 0.29) is 24.8 Å². The van der Waals surface area contributed by atoms with Crippen LogP contribution in [0.2, 0.25) is 5.02 Å². The van der Waals surface area contributed by atoms with Crippen LogP contribution in [0.25, 0.3) is 21.8 Å². The zero-order valence-corrected chi connectivity index (χ0v) is 16.8. The van der Waals surface area contributed by atoms with Crippen molar-refractivity contribution in [3.63, 3.8) is 0 Å². The van der Waals surface area contributed by atoms with Gasteiger partial charge in [0.05, 0.1) is 12.6 Å². The van der Waals surface area contributed by atoms with Crippen LogP contribution in [0.5, 0.6) is 0 Å². The number of aliphatic hydroxyl groups is 1. The maximum Gasteiger partial charge on any atom is 0.0845 e. The average molecular weight is 417 g/mol. The maximum absolute atomic E-state index is 10.6. The van der Waals surface area contributed by atoms with E-state index in [0.717, 1.165) is 47.6 Å². The number of fused-ring (bicyclic) bond motifs is 3. The molecule has 1 aliphatic heterocycles. The van der Waals surface area contributed by atoms with Crippen LogP contribution in [0.4, 0.5) is 0 Å². The highest BCUT2D eigenvalue weighted by atomic mass is 35.5. The van der Waals surface area contributed by atoms with E-state index in [2.05, 4.69) is 33.0 Å². The molecule has 0 spiro atoms. The van der Waals surface area contributed by atoms with Gasteiger partial charge >= 0.3 is 0 Å².